The van der Waals surface area contributed by atoms with E-state index in [4.69, 9.17) is 0 Å². The Morgan fingerprint density at radius 2 is 1.76 bits per heavy atom. The van der Waals surface area contributed by atoms with Crippen LogP contribution in [0.25, 0.3) is 11.4 Å². The maximum atomic E-state index is 12.5. The van der Waals surface area contributed by atoms with Crippen LogP contribution in [0.1, 0.15) is 22.4 Å². The second kappa shape index (κ2) is 4.84. The number of aryl methyl sites for hydroxylation is 3. The first-order valence-electron chi connectivity index (χ1n) is 6.50. The predicted octanol–water partition coefficient (Wildman–Crippen LogP) is 1.36. The molecule has 0 N–H and O–H groups in total. The van der Waals surface area contributed by atoms with Crippen LogP contribution in [0.2, 0.25) is 0 Å². The van der Waals surface area contributed by atoms with Crippen molar-refractivity contribution in [2.24, 2.45) is 7.05 Å². The Morgan fingerprint density at radius 3 is 2.24 bits per heavy atom. The molecule has 0 aliphatic carbocycles. The number of hydrogen-bond donors (Lipinski definition) is 0. The maximum absolute atomic E-state index is 12.5. The fourth-order valence-corrected chi connectivity index (χ4v) is 3.80. The molecule has 0 unspecified atom stereocenters. The summed E-state index contributed by atoms with van der Waals surface area (Å²) in [5.74, 6) is 0. The zero-order valence-electron chi connectivity index (χ0n) is 13.1. The first kappa shape index (κ1) is 15.5. The van der Waals surface area contributed by atoms with E-state index >= 15 is 0 Å². The smallest absolute Gasteiger partial charge is 0.247 e. The van der Waals surface area contributed by atoms with Gasteiger partial charge in [-0.05, 0) is 26.8 Å². The van der Waals surface area contributed by atoms with Gasteiger partial charge >= 0.3 is 0 Å². The second-order valence-corrected chi connectivity index (χ2v) is 7.34. The molecule has 0 saturated carbocycles. The van der Waals surface area contributed by atoms with Crippen LogP contribution in [-0.2, 0) is 16.9 Å². The van der Waals surface area contributed by atoms with Gasteiger partial charge in [-0.1, -0.05) is 0 Å². The van der Waals surface area contributed by atoms with Gasteiger partial charge in [0.25, 0.3) is 0 Å². The molecule has 6 nitrogen and oxygen atoms in total. The Kier molecular flexibility index (Phi) is 3.57. The largest absolute Gasteiger partial charge is 0.618 e. The van der Waals surface area contributed by atoms with Crippen LogP contribution in [0.5, 0.6) is 0 Å². The van der Waals surface area contributed by atoms with Crippen molar-refractivity contribution in [3.05, 3.63) is 33.7 Å². The average Bonchev–Trinajstić information content (AvgIpc) is 2.61. The lowest BCUT2D eigenvalue weighted by atomic mass is 10.1. The summed E-state index contributed by atoms with van der Waals surface area (Å²) in [6.07, 6.45) is 1.14. The van der Waals surface area contributed by atoms with E-state index in [9.17, 15) is 13.6 Å². The van der Waals surface area contributed by atoms with Crippen molar-refractivity contribution in [1.82, 2.24) is 9.78 Å². The van der Waals surface area contributed by atoms with Gasteiger partial charge in [0.1, 0.15) is 0 Å². The first-order chi connectivity index (χ1) is 9.55. The summed E-state index contributed by atoms with van der Waals surface area (Å²) in [4.78, 5) is 0. The van der Waals surface area contributed by atoms with Gasteiger partial charge in [0.05, 0.1) is 0 Å². The van der Waals surface area contributed by atoms with Gasteiger partial charge in [-0.15, -0.1) is 0 Å². The number of pyridine rings is 1. The maximum Gasteiger partial charge on any atom is 0.247 e. The zero-order valence-corrected chi connectivity index (χ0v) is 13.9. The number of aromatic nitrogens is 3. The van der Waals surface area contributed by atoms with Crippen LogP contribution in [0, 0.1) is 32.9 Å². The zero-order chi connectivity index (χ0) is 16.1. The van der Waals surface area contributed by atoms with Crippen molar-refractivity contribution in [2.75, 3.05) is 6.26 Å². The normalized spacial score (nSPS) is 11.9. The minimum atomic E-state index is -3.41. The topological polar surface area (TPSA) is 78.9 Å². The summed E-state index contributed by atoms with van der Waals surface area (Å²) in [6, 6.07) is 1.91. The first-order valence-corrected chi connectivity index (χ1v) is 8.39. The van der Waals surface area contributed by atoms with Crippen LogP contribution < -0.4 is 4.73 Å². The van der Waals surface area contributed by atoms with Crippen LogP contribution in [0.15, 0.2) is 11.1 Å². The van der Waals surface area contributed by atoms with Gasteiger partial charge in [-0.25, -0.2) is 8.42 Å². The molecule has 0 spiro atoms. The van der Waals surface area contributed by atoms with Gasteiger partial charge in [0, 0.05) is 36.9 Å². The molecule has 0 atom stereocenters. The van der Waals surface area contributed by atoms with E-state index in [1.807, 2.05) is 19.9 Å². The molecule has 0 aliphatic rings. The minimum absolute atomic E-state index is 0.134. The third-order valence-corrected chi connectivity index (χ3v) is 4.95. The molecule has 0 amide bonds. The summed E-state index contributed by atoms with van der Waals surface area (Å²) in [5, 5.41) is 16.8. The van der Waals surface area contributed by atoms with E-state index in [0.717, 1.165) is 22.1 Å². The van der Waals surface area contributed by atoms with Crippen molar-refractivity contribution >= 4 is 9.84 Å². The van der Waals surface area contributed by atoms with Crippen LogP contribution in [0.3, 0.4) is 0 Å². The van der Waals surface area contributed by atoms with Gasteiger partial charge in [0.2, 0.25) is 5.69 Å². The Bertz CT molecular complexity index is 836. The summed E-state index contributed by atoms with van der Waals surface area (Å²) >= 11 is 0. The van der Waals surface area contributed by atoms with Crippen molar-refractivity contribution in [2.45, 2.75) is 32.7 Å². The molecule has 21 heavy (non-hydrogen) atoms. The molecular weight excluding hydrogens is 290 g/mol. The highest BCUT2D eigenvalue weighted by Gasteiger charge is 2.27. The minimum Gasteiger partial charge on any atom is -0.618 e. The summed E-state index contributed by atoms with van der Waals surface area (Å²) in [5.41, 5.74) is 3.56. The quantitative estimate of drug-likeness (QED) is 0.620. The highest BCUT2D eigenvalue weighted by molar-refractivity contribution is 7.90. The van der Waals surface area contributed by atoms with Crippen molar-refractivity contribution < 1.29 is 13.1 Å². The second-order valence-electron chi connectivity index (χ2n) is 5.41. The lowest BCUT2D eigenvalue weighted by molar-refractivity contribution is -0.601. The molecule has 0 bridgehead atoms. The number of sulfone groups is 1. The molecule has 0 aromatic carbocycles. The monoisotopic (exact) mass is 309 g/mol. The SMILES string of the molecule is Cc1cc(C)c(-c2nn(C)c(S(C)(=O)=O)c2C)[n+]([O-])c1C. The molecule has 0 saturated heterocycles. The van der Waals surface area contributed by atoms with Crippen molar-refractivity contribution in [3.8, 4) is 11.4 Å². The fraction of sp³-hybridized carbons (Fsp3) is 0.429. The third-order valence-electron chi connectivity index (χ3n) is 3.68. The number of nitrogens with zero attached hydrogens (tertiary/aromatic N) is 3. The molecule has 0 fully saturated rings. The molecule has 114 valence electrons. The molecule has 0 radical (unpaired) electrons. The Morgan fingerprint density at radius 1 is 1.19 bits per heavy atom. The number of hydrogen-bond acceptors (Lipinski definition) is 4. The standard InChI is InChI=1S/C14H19N3O3S/c1-8-7-9(2)13(17(18)11(8)4)12-10(3)14(16(5)15-12)21(6,19)20/h7H,1-6H3. The molecule has 0 aliphatic heterocycles. The van der Waals surface area contributed by atoms with E-state index in [0.29, 0.717) is 22.6 Å². The molecule has 7 heteroatoms. The summed E-state index contributed by atoms with van der Waals surface area (Å²) in [7, 11) is -1.84. The Labute approximate surface area is 124 Å². The van der Waals surface area contributed by atoms with Crippen LogP contribution in [-0.4, -0.2) is 24.5 Å². The molecule has 2 aromatic rings. The van der Waals surface area contributed by atoms with Gasteiger partial charge < -0.3 is 5.21 Å². The highest BCUT2D eigenvalue weighted by atomic mass is 32.2. The van der Waals surface area contributed by atoms with Crippen molar-refractivity contribution in [3.63, 3.8) is 0 Å². The summed E-state index contributed by atoms with van der Waals surface area (Å²) in [6.45, 7) is 7.10. The Balaban J connectivity index is 2.85. The van der Waals surface area contributed by atoms with E-state index in [1.165, 1.54) is 4.68 Å². The van der Waals surface area contributed by atoms with Gasteiger partial charge in [0.15, 0.2) is 26.3 Å². The molecule has 2 aromatic heterocycles. The molecular formula is C14H19N3O3S. The predicted molar refractivity (Wildman–Crippen MR) is 79.7 cm³/mol. The lowest BCUT2D eigenvalue weighted by Gasteiger charge is -2.11. The van der Waals surface area contributed by atoms with Crippen LogP contribution >= 0.6 is 0 Å². The van der Waals surface area contributed by atoms with Crippen LogP contribution in [0.4, 0.5) is 0 Å². The molecule has 2 heterocycles. The lowest BCUT2D eigenvalue weighted by Crippen LogP contribution is -2.35. The van der Waals surface area contributed by atoms with E-state index in [-0.39, 0.29) is 5.03 Å². The number of rotatable bonds is 2. The van der Waals surface area contributed by atoms with E-state index in [2.05, 4.69) is 5.10 Å². The molecule has 2 rings (SSSR count). The third kappa shape index (κ3) is 2.42. The van der Waals surface area contributed by atoms with Gasteiger partial charge in [-0.3, -0.25) is 4.68 Å². The average molecular weight is 309 g/mol. The highest BCUT2D eigenvalue weighted by Crippen LogP contribution is 2.28. The Hall–Kier alpha value is -1.89. The van der Waals surface area contributed by atoms with E-state index in [1.54, 1.807) is 20.9 Å². The van der Waals surface area contributed by atoms with Crippen molar-refractivity contribution in [1.29, 1.82) is 0 Å². The summed E-state index contributed by atoms with van der Waals surface area (Å²) < 4.78 is 25.9. The van der Waals surface area contributed by atoms with Gasteiger partial charge in [-0.2, -0.15) is 9.83 Å². The van der Waals surface area contributed by atoms with E-state index < -0.39 is 9.84 Å². The fourth-order valence-electron chi connectivity index (χ4n) is 2.63.